The van der Waals surface area contributed by atoms with E-state index in [1.165, 1.54) is 0 Å². The molecule has 0 aliphatic heterocycles. The van der Waals surface area contributed by atoms with Crippen LogP contribution in [0.25, 0.3) is 11.1 Å². The number of unbranched alkanes of at least 4 members (excludes halogenated alkanes) is 1. The van der Waals surface area contributed by atoms with Gasteiger partial charge < -0.3 is 63.7 Å². The normalized spacial score (nSPS) is 12.2. The maximum atomic E-state index is 12.6. The lowest BCUT2D eigenvalue weighted by Gasteiger charge is -2.17. The van der Waals surface area contributed by atoms with E-state index in [2.05, 4.69) is 21.9 Å². The van der Waals surface area contributed by atoms with Gasteiger partial charge in [0, 0.05) is 38.3 Å². The van der Waals surface area contributed by atoms with Gasteiger partial charge in [-0.15, -0.1) is 12.3 Å². The molecular formula is C45H65N3O14. The molecule has 0 spiro atoms. The molecule has 0 saturated carbocycles. The van der Waals surface area contributed by atoms with Gasteiger partial charge in [0.1, 0.15) is 12.6 Å². The maximum Gasteiger partial charge on any atom is 0.407 e. The minimum Gasteiger partial charge on any atom is -0.480 e. The zero-order valence-corrected chi connectivity index (χ0v) is 35.8. The predicted octanol–water partition coefficient (Wildman–Crippen LogP) is 3.32. The molecular weight excluding hydrogens is 807 g/mol. The van der Waals surface area contributed by atoms with Gasteiger partial charge in [0.2, 0.25) is 11.8 Å². The van der Waals surface area contributed by atoms with Crippen molar-refractivity contribution in [3.8, 4) is 23.5 Å². The zero-order valence-electron chi connectivity index (χ0n) is 35.8. The minimum absolute atomic E-state index is 0.0766. The third-order valence-corrected chi connectivity index (χ3v) is 9.32. The number of aliphatic carboxylic acids is 1. The summed E-state index contributed by atoms with van der Waals surface area (Å²) >= 11 is 0. The van der Waals surface area contributed by atoms with Crippen molar-refractivity contribution < 1.29 is 66.9 Å². The Morgan fingerprint density at radius 2 is 1.02 bits per heavy atom. The Morgan fingerprint density at radius 3 is 1.50 bits per heavy atom. The van der Waals surface area contributed by atoms with Crippen molar-refractivity contribution in [3.63, 3.8) is 0 Å². The first-order valence-corrected chi connectivity index (χ1v) is 21.3. The molecule has 0 fully saturated rings. The summed E-state index contributed by atoms with van der Waals surface area (Å²) in [6, 6.07) is 14.9. The van der Waals surface area contributed by atoms with E-state index in [0.717, 1.165) is 22.3 Å². The summed E-state index contributed by atoms with van der Waals surface area (Å²) in [6.45, 7) is 7.62. The summed E-state index contributed by atoms with van der Waals surface area (Å²) in [5, 5.41) is 17.6. The van der Waals surface area contributed by atoms with Crippen LogP contribution >= 0.6 is 0 Å². The smallest absolute Gasteiger partial charge is 0.407 e. The molecule has 344 valence electrons. The molecule has 2 aromatic rings. The first kappa shape index (κ1) is 51.7. The molecule has 17 nitrogen and oxygen atoms in total. The van der Waals surface area contributed by atoms with E-state index in [0.29, 0.717) is 138 Å². The second-order valence-corrected chi connectivity index (χ2v) is 13.9. The number of hydrogen-bond acceptors (Lipinski definition) is 13. The lowest BCUT2D eigenvalue weighted by molar-refractivity contribution is -0.139. The van der Waals surface area contributed by atoms with Crippen molar-refractivity contribution >= 4 is 23.9 Å². The molecule has 3 amide bonds. The van der Waals surface area contributed by atoms with E-state index in [4.69, 9.17) is 49.1 Å². The van der Waals surface area contributed by atoms with Gasteiger partial charge in [-0.05, 0) is 41.5 Å². The van der Waals surface area contributed by atoms with Gasteiger partial charge in [0.05, 0.1) is 106 Å². The summed E-state index contributed by atoms with van der Waals surface area (Å²) in [5.74, 6) is 0.916. The number of carbonyl (C=O) groups excluding carboxylic acids is 3. The number of carbonyl (C=O) groups is 4. The molecule has 1 aliphatic carbocycles. The van der Waals surface area contributed by atoms with Crippen molar-refractivity contribution in [1.29, 1.82) is 0 Å². The number of rotatable bonds is 38. The average Bonchev–Trinajstić information content (AvgIpc) is 3.60. The molecule has 3 rings (SSSR count). The molecule has 4 N–H and O–H groups in total. The second-order valence-electron chi connectivity index (χ2n) is 13.9. The standard InChI is InChI=1S/C45H65N3O14/c1-2-3-15-42(49)47-18-20-55-22-24-57-26-28-59-30-32-61-34-33-60-31-29-58-27-25-56-23-21-54-19-16-43(50)46-17-9-8-14-41(44(51)52)48-45(53)62-35-40-38-12-6-4-10-36(38)37-11-5-7-13-39(37)40/h1,4-7,10-13,40-41H,3,8-9,14-35H2,(H,46,50)(H,47,49)(H,48,53)(H,51,52)/t41-/m0/s1. The molecule has 0 unspecified atom stereocenters. The number of nitrogens with one attached hydrogen (secondary N) is 3. The van der Waals surface area contributed by atoms with E-state index in [-0.39, 0.29) is 43.8 Å². The fourth-order valence-electron chi connectivity index (χ4n) is 6.17. The number of carboxylic acid groups (broad SMARTS) is 1. The summed E-state index contributed by atoms with van der Waals surface area (Å²) in [6.07, 6.45) is 6.53. The largest absolute Gasteiger partial charge is 0.480 e. The van der Waals surface area contributed by atoms with Crippen LogP contribution in [0.5, 0.6) is 0 Å². The number of alkyl carbamates (subject to hydrolysis) is 1. The quantitative estimate of drug-likeness (QED) is 0.0565. The van der Waals surface area contributed by atoms with Crippen LogP contribution in [0.2, 0.25) is 0 Å². The van der Waals surface area contributed by atoms with Crippen molar-refractivity contribution in [2.24, 2.45) is 0 Å². The number of benzene rings is 2. The number of hydrogen-bond donors (Lipinski definition) is 4. The molecule has 62 heavy (non-hydrogen) atoms. The third kappa shape index (κ3) is 23.0. The Kier molecular flexibility index (Phi) is 28.3. The fourth-order valence-corrected chi connectivity index (χ4v) is 6.17. The molecule has 0 aromatic heterocycles. The van der Waals surface area contributed by atoms with Crippen molar-refractivity contribution in [3.05, 3.63) is 59.7 Å². The number of terminal acetylenes is 1. The highest BCUT2D eigenvalue weighted by Crippen LogP contribution is 2.44. The molecule has 17 heteroatoms. The van der Waals surface area contributed by atoms with Crippen LogP contribution < -0.4 is 16.0 Å². The van der Waals surface area contributed by atoms with Crippen molar-refractivity contribution in [2.75, 3.05) is 125 Å². The lowest BCUT2D eigenvalue weighted by atomic mass is 9.98. The van der Waals surface area contributed by atoms with E-state index < -0.39 is 18.1 Å². The van der Waals surface area contributed by atoms with Gasteiger partial charge >= 0.3 is 12.1 Å². The van der Waals surface area contributed by atoms with Gasteiger partial charge in [0.25, 0.3) is 0 Å². The second kappa shape index (κ2) is 33.9. The van der Waals surface area contributed by atoms with Crippen molar-refractivity contribution in [1.82, 2.24) is 16.0 Å². The van der Waals surface area contributed by atoms with Crippen molar-refractivity contribution in [2.45, 2.75) is 50.5 Å². The molecule has 0 saturated heterocycles. The van der Waals surface area contributed by atoms with Crippen LogP contribution in [0.1, 0.15) is 55.6 Å². The summed E-state index contributed by atoms with van der Waals surface area (Å²) < 4.78 is 49.1. The van der Waals surface area contributed by atoms with E-state index in [1.54, 1.807) is 0 Å². The zero-order chi connectivity index (χ0) is 44.3. The van der Waals surface area contributed by atoms with Gasteiger partial charge in [-0.2, -0.15) is 0 Å². The first-order valence-electron chi connectivity index (χ1n) is 21.3. The number of carboxylic acids is 1. The van der Waals surface area contributed by atoms with Crippen LogP contribution in [-0.4, -0.2) is 160 Å². The Morgan fingerprint density at radius 1 is 0.581 bits per heavy atom. The molecule has 1 atom stereocenters. The highest BCUT2D eigenvalue weighted by molar-refractivity contribution is 5.81. The molecule has 0 radical (unpaired) electrons. The fraction of sp³-hybridized carbons (Fsp3) is 0.600. The average molecular weight is 872 g/mol. The topological polar surface area (TPSA) is 208 Å². The van der Waals surface area contributed by atoms with Crippen LogP contribution in [0, 0.1) is 12.3 Å². The maximum absolute atomic E-state index is 12.6. The molecule has 0 bridgehead atoms. The predicted molar refractivity (Wildman–Crippen MR) is 229 cm³/mol. The molecule has 0 heterocycles. The molecule has 2 aromatic carbocycles. The lowest BCUT2D eigenvalue weighted by Crippen LogP contribution is -2.41. The Bertz CT molecular complexity index is 1560. The minimum atomic E-state index is -1.15. The van der Waals surface area contributed by atoms with E-state index in [1.807, 2.05) is 48.5 Å². The highest BCUT2D eigenvalue weighted by Gasteiger charge is 2.29. The van der Waals surface area contributed by atoms with Crippen LogP contribution in [0.3, 0.4) is 0 Å². The SMILES string of the molecule is C#CCCC(=O)NCCOCCOCCOCCOCCOCCOCCOCCOCCC(=O)NCCCC[C@H](NC(=O)OCC1c2ccccc2-c2ccccc21)C(=O)O. The van der Waals surface area contributed by atoms with Crippen LogP contribution in [-0.2, 0) is 57.0 Å². The van der Waals surface area contributed by atoms with Gasteiger partial charge in [-0.1, -0.05) is 48.5 Å². The van der Waals surface area contributed by atoms with Crippen LogP contribution in [0.4, 0.5) is 4.79 Å². The third-order valence-electron chi connectivity index (χ3n) is 9.32. The first-order chi connectivity index (χ1) is 30.4. The van der Waals surface area contributed by atoms with Gasteiger partial charge in [-0.25, -0.2) is 9.59 Å². The number of ether oxygens (including phenoxy) is 9. The highest BCUT2D eigenvalue weighted by atomic mass is 16.6. The number of fused-ring (bicyclic) bond motifs is 3. The van der Waals surface area contributed by atoms with E-state index in [9.17, 15) is 24.3 Å². The summed E-state index contributed by atoms with van der Waals surface area (Å²) in [4.78, 5) is 47.9. The summed E-state index contributed by atoms with van der Waals surface area (Å²) in [5.41, 5.74) is 4.36. The van der Waals surface area contributed by atoms with Gasteiger partial charge in [0.15, 0.2) is 0 Å². The van der Waals surface area contributed by atoms with Crippen LogP contribution in [0.15, 0.2) is 48.5 Å². The van der Waals surface area contributed by atoms with E-state index >= 15 is 0 Å². The monoisotopic (exact) mass is 871 g/mol. The molecule has 1 aliphatic rings. The Balaban J connectivity index is 1.01. The Labute approximate surface area is 365 Å². The summed E-state index contributed by atoms with van der Waals surface area (Å²) in [7, 11) is 0. The number of amides is 3. The Hall–Kier alpha value is -4.64. The van der Waals surface area contributed by atoms with Gasteiger partial charge in [-0.3, -0.25) is 9.59 Å².